The van der Waals surface area contributed by atoms with Gasteiger partial charge in [-0.15, -0.1) is 0 Å². The number of hydrogen-bond donors (Lipinski definition) is 0. The van der Waals surface area contributed by atoms with E-state index in [1.54, 1.807) is 0 Å². The summed E-state index contributed by atoms with van der Waals surface area (Å²) in [7, 11) is 0. The Labute approximate surface area is 116 Å². The molecule has 1 aliphatic heterocycles. The lowest BCUT2D eigenvalue weighted by molar-refractivity contribution is -0.132. The van der Waals surface area contributed by atoms with Crippen molar-refractivity contribution >= 4 is 21.8 Å². The molecule has 0 bridgehead atoms. The van der Waals surface area contributed by atoms with E-state index in [1.165, 1.54) is 0 Å². The maximum Gasteiger partial charge on any atom is 0.260 e. The van der Waals surface area contributed by atoms with Crippen LogP contribution in [0.2, 0.25) is 0 Å². The number of hydrogen-bond acceptors (Lipinski definition) is 2. The highest BCUT2D eigenvalue weighted by Gasteiger charge is 2.18. The molecule has 0 unspecified atom stereocenters. The maximum absolute atomic E-state index is 11.9. The van der Waals surface area contributed by atoms with Crippen molar-refractivity contribution in [2.75, 3.05) is 19.7 Å². The van der Waals surface area contributed by atoms with E-state index in [9.17, 15) is 4.79 Å². The topological polar surface area (TPSA) is 29.5 Å². The molecule has 3 nitrogen and oxygen atoms in total. The van der Waals surface area contributed by atoms with Crippen molar-refractivity contribution in [3.63, 3.8) is 0 Å². The molecule has 1 aromatic rings. The molecule has 1 aliphatic rings. The number of ether oxygens (including phenoxy) is 1. The average Bonchev–Trinajstić information content (AvgIpc) is 2.80. The van der Waals surface area contributed by atoms with Gasteiger partial charge in [0.05, 0.1) is 0 Å². The Hall–Kier alpha value is -1.03. The first-order chi connectivity index (χ1) is 8.58. The van der Waals surface area contributed by atoms with Crippen molar-refractivity contribution in [2.24, 2.45) is 0 Å². The van der Waals surface area contributed by atoms with Gasteiger partial charge in [0.25, 0.3) is 5.91 Å². The monoisotopic (exact) mass is 311 g/mol. The summed E-state index contributed by atoms with van der Waals surface area (Å²) in [6.07, 6.45) is 2.23. The maximum atomic E-state index is 11.9. The van der Waals surface area contributed by atoms with Crippen molar-refractivity contribution in [1.29, 1.82) is 0 Å². The number of halogens is 1. The molecule has 4 heteroatoms. The lowest BCUT2D eigenvalue weighted by Gasteiger charge is -2.17. The van der Waals surface area contributed by atoms with E-state index in [1.807, 2.05) is 30.9 Å². The number of carbonyl (C=O) groups excluding carboxylic acids is 1. The summed E-state index contributed by atoms with van der Waals surface area (Å²) in [6.45, 7) is 5.88. The van der Waals surface area contributed by atoms with E-state index in [-0.39, 0.29) is 12.5 Å². The third-order valence-electron chi connectivity index (χ3n) is 3.22. The molecule has 1 amide bonds. The SMILES string of the molecule is Cc1cc(Br)cc(C)c1OCC(=O)N1CCCC1. The number of benzene rings is 1. The molecule has 1 heterocycles. The van der Waals surface area contributed by atoms with Crippen molar-refractivity contribution < 1.29 is 9.53 Å². The van der Waals surface area contributed by atoms with Gasteiger partial charge >= 0.3 is 0 Å². The Bertz CT molecular complexity index is 430. The van der Waals surface area contributed by atoms with Crippen molar-refractivity contribution in [2.45, 2.75) is 26.7 Å². The summed E-state index contributed by atoms with van der Waals surface area (Å²) >= 11 is 3.45. The lowest BCUT2D eigenvalue weighted by Crippen LogP contribution is -2.32. The normalized spacial score (nSPS) is 14.9. The fraction of sp³-hybridized carbons (Fsp3) is 0.500. The first-order valence-corrected chi connectivity index (χ1v) is 7.04. The zero-order valence-electron chi connectivity index (χ0n) is 10.8. The van der Waals surface area contributed by atoms with Gasteiger partial charge in [0.1, 0.15) is 5.75 Å². The third kappa shape index (κ3) is 3.05. The van der Waals surface area contributed by atoms with Gasteiger partial charge in [0, 0.05) is 17.6 Å². The predicted molar refractivity (Wildman–Crippen MR) is 74.9 cm³/mol. The first-order valence-electron chi connectivity index (χ1n) is 6.25. The zero-order chi connectivity index (χ0) is 13.1. The van der Waals surface area contributed by atoms with Gasteiger partial charge in [-0.3, -0.25) is 4.79 Å². The minimum Gasteiger partial charge on any atom is -0.483 e. The minimum atomic E-state index is 0.0919. The van der Waals surface area contributed by atoms with E-state index in [0.29, 0.717) is 0 Å². The Morgan fingerprint density at radius 2 is 1.83 bits per heavy atom. The van der Waals surface area contributed by atoms with Crippen LogP contribution in [0.1, 0.15) is 24.0 Å². The lowest BCUT2D eigenvalue weighted by atomic mass is 10.1. The fourth-order valence-electron chi connectivity index (χ4n) is 2.32. The average molecular weight is 312 g/mol. The smallest absolute Gasteiger partial charge is 0.260 e. The summed E-state index contributed by atoms with van der Waals surface area (Å²) in [5.41, 5.74) is 2.10. The van der Waals surface area contributed by atoms with E-state index in [2.05, 4.69) is 15.9 Å². The van der Waals surface area contributed by atoms with Gasteiger partial charge in [-0.05, 0) is 49.9 Å². The van der Waals surface area contributed by atoms with E-state index in [0.717, 1.165) is 47.3 Å². The van der Waals surface area contributed by atoms with E-state index >= 15 is 0 Å². The largest absolute Gasteiger partial charge is 0.483 e. The van der Waals surface area contributed by atoms with Crippen LogP contribution in [0.4, 0.5) is 0 Å². The van der Waals surface area contributed by atoms with Crippen LogP contribution in [0.3, 0.4) is 0 Å². The quantitative estimate of drug-likeness (QED) is 0.858. The number of nitrogens with zero attached hydrogens (tertiary/aromatic N) is 1. The number of rotatable bonds is 3. The van der Waals surface area contributed by atoms with Gasteiger partial charge in [-0.1, -0.05) is 15.9 Å². The van der Waals surface area contributed by atoms with Crippen LogP contribution in [0, 0.1) is 13.8 Å². The Morgan fingerprint density at radius 3 is 2.39 bits per heavy atom. The van der Waals surface area contributed by atoms with Crippen LogP contribution in [0.5, 0.6) is 5.75 Å². The molecule has 0 aromatic heterocycles. The summed E-state index contributed by atoms with van der Waals surface area (Å²) in [5, 5.41) is 0. The molecular weight excluding hydrogens is 294 g/mol. The van der Waals surface area contributed by atoms with Gasteiger partial charge in [-0.25, -0.2) is 0 Å². The second-order valence-electron chi connectivity index (χ2n) is 4.75. The number of aryl methyl sites for hydroxylation is 2. The highest BCUT2D eigenvalue weighted by molar-refractivity contribution is 9.10. The van der Waals surface area contributed by atoms with E-state index < -0.39 is 0 Å². The summed E-state index contributed by atoms with van der Waals surface area (Å²) < 4.78 is 6.72. The first kappa shape index (κ1) is 13.4. The molecule has 18 heavy (non-hydrogen) atoms. The molecule has 0 spiro atoms. The van der Waals surface area contributed by atoms with E-state index in [4.69, 9.17) is 4.74 Å². The molecule has 1 fully saturated rings. The molecule has 1 saturated heterocycles. The Morgan fingerprint density at radius 1 is 1.28 bits per heavy atom. The van der Waals surface area contributed by atoms with Crippen LogP contribution in [-0.2, 0) is 4.79 Å². The standard InChI is InChI=1S/C14H18BrNO2/c1-10-7-12(15)8-11(2)14(10)18-9-13(17)16-5-3-4-6-16/h7-8H,3-6,9H2,1-2H3. The molecule has 0 N–H and O–H groups in total. The second-order valence-corrected chi connectivity index (χ2v) is 5.66. The number of carbonyl (C=O) groups is 1. The predicted octanol–water partition coefficient (Wildman–Crippen LogP) is 3.07. The minimum absolute atomic E-state index is 0.0919. The van der Waals surface area contributed by atoms with Gasteiger partial charge in [0.15, 0.2) is 6.61 Å². The molecule has 98 valence electrons. The van der Waals surface area contributed by atoms with Crippen LogP contribution in [0.25, 0.3) is 0 Å². The number of amides is 1. The Kier molecular flexibility index (Phi) is 4.27. The van der Waals surface area contributed by atoms with Crippen molar-refractivity contribution in [1.82, 2.24) is 4.90 Å². The second kappa shape index (κ2) is 5.74. The Balaban J connectivity index is 1.99. The molecular formula is C14H18BrNO2. The zero-order valence-corrected chi connectivity index (χ0v) is 12.4. The molecule has 1 aromatic carbocycles. The number of likely N-dealkylation sites (tertiary alicyclic amines) is 1. The van der Waals surface area contributed by atoms with Crippen LogP contribution < -0.4 is 4.74 Å². The summed E-state index contributed by atoms with van der Waals surface area (Å²) in [4.78, 5) is 13.8. The van der Waals surface area contributed by atoms with Gasteiger partial charge < -0.3 is 9.64 Å². The highest BCUT2D eigenvalue weighted by atomic mass is 79.9. The molecule has 0 radical (unpaired) electrons. The van der Waals surface area contributed by atoms with Gasteiger partial charge in [0.2, 0.25) is 0 Å². The van der Waals surface area contributed by atoms with Gasteiger partial charge in [-0.2, -0.15) is 0 Å². The van der Waals surface area contributed by atoms with Crippen molar-refractivity contribution in [3.8, 4) is 5.75 Å². The van der Waals surface area contributed by atoms with Crippen LogP contribution >= 0.6 is 15.9 Å². The van der Waals surface area contributed by atoms with Crippen LogP contribution in [-0.4, -0.2) is 30.5 Å². The molecule has 0 saturated carbocycles. The van der Waals surface area contributed by atoms with Crippen LogP contribution in [0.15, 0.2) is 16.6 Å². The molecule has 0 aliphatic carbocycles. The molecule has 2 rings (SSSR count). The van der Waals surface area contributed by atoms with Crippen molar-refractivity contribution in [3.05, 3.63) is 27.7 Å². The summed E-state index contributed by atoms with van der Waals surface area (Å²) in [5.74, 6) is 0.917. The third-order valence-corrected chi connectivity index (χ3v) is 3.68. The highest BCUT2D eigenvalue weighted by Crippen LogP contribution is 2.27. The molecule has 0 atom stereocenters. The summed E-state index contributed by atoms with van der Waals surface area (Å²) in [6, 6.07) is 4.01. The fourth-order valence-corrected chi connectivity index (χ4v) is 3.00.